The monoisotopic (exact) mass is 317 g/mol. The SMILES string of the molecule is Fc1ccccc1C=Cc1nc2cc(Br)ccc2o1. The average Bonchev–Trinajstić information content (AvgIpc) is 2.79. The van der Waals surface area contributed by atoms with Gasteiger partial charge in [0.05, 0.1) is 0 Å². The molecule has 0 aliphatic heterocycles. The average molecular weight is 318 g/mol. The van der Waals surface area contributed by atoms with Crippen molar-refractivity contribution in [3.05, 3.63) is 64.2 Å². The van der Waals surface area contributed by atoms with Crippen LogP contribution < -0.4 is 0 Å². The lowest BCUT2D eigenvalue weighted by molar-refractivity contribution is 0.589. The van der Waals surface area contributed by atoms with E-state index in [1.165, 1.54) is 6.07 Å². The Balaban J connectivity index is 1.95. The lowest BCUT2D eigenvalue weighted by Gasteiger charge is -1.93. The molecule has 3 rings (SSSR count). The summed E-state index contributed by atoms with van der Waals surface area (Å²) in [4.78, 5) is 4.31. The maximum Gasteiger partial charge on any atom is 0.220 e. The summed E-state index contributed by atoms with van der Waals surface area (Å²) in [5.41, 5.74) is 1.98. The van der Waals surface area contributed by atoms with E-state index in [1.54, 1.807) is 30.4 Å². The zero-order valence-corrected chi connectivity index (χ0v) is 11.4. The summed E-state index contributed by atoms with van der Waals surface area (Å²) in [6.07, 6.45) is 3.31. The van der Waals surface area contributed by atoms with Gasteiger partial charge in [-0.3, -0.25) is 0 Å². The molecule has 0 radical (unpaired) electrons. The zero-order chi connectivity index (χ0) is 13.2. The van der Waals surface area contributed by atoms with Crippen LogP contribution >= 0.6 is 15.9 Å². The summed E-state index contributed by atoms with van der Waals surface area (Å²) in [5, 5.41) is 0. The third-order valence-corrected chi connectivity index (χ3v) is 3.17. The number of fused-ring (bicyclic) bond motifs is 1. The Morgan fingerprint density at radius 2 is 1.95 bits per heavy atom. The van der Waals surface area contributed by atoms with Gasteiger partial charge in [0.1, 0.15) is 11.3 Å². The van der Waals surface area contributed by atoms with Crippen molar-refractivity contribution < 1.29 is 8.81 Å². The van der Waals surface area contributed by atoms with Crippen LogP contribution in [0.1, 0.15) is 11.5 Å². The van der Waals surface area contributed by atoms with Crippen molar-refractivity contribution in [2.24, 2.45) is 0 Å². The smallest absolute Gasteiger partial charge is 0.220 e. The van der Waals surface area contributed by atoms with Crippen LogP contribution in [0, 0.1) is 5.82 Å². The van der Waals surface area contributed by atoms with E-state index in [2.05, 4.69) is 20.9 Å². The fourth-order valence-corrected chi connectivity index (χ4v) is 2.11. The van der Waals surface area contributed by atoms with Gasteiger partial charge in [-0.1, -0.05) is 34.1 Å². The van der Waals surface area contributed by atoms with E-state index in [1.807, 2.05) is 18.2 Å². The summed E-state index contributed by atoms with van der Waals surface area (Å²) in [5.74, 6) is 0.189. The Labute approximate surface area is 117 Å². The molecule has 19 heavy (non-hydrogen) atoms. The van der Waals surface area contributed by atoms with E-state index >= 15 is 0 Å². The molecule has 1 heterocycles. The number of oxazole rings is 1. The fourth-order valence-electron chi connectivity index (χ4n) is 1.76. The molecule has 0 saturated carbocycles. The normalized spacial score (nSPS) is 11.5. The van der Waals surface area contributed by atoms with Crippen LogP contribution in [0.4, 0.5) is 4.39 Å². The maximum atomic E-state index is 13.4. The van der Waals surface area contributed by atoms with Crippen LogP contribution in [0.2, 0.25) is 0 Å². The molecule has 0 fully saturated rings. The van der Waals surface area contributed by atoms with Crippen LogP contribution in [0.3, 0.4) is 0 Å². The number of benzene rings is 2. The summed E-state index contributed by atoms with van der Waals surface area (Å²) in [6.45, 7) is 0. The Morgan fingerprint density at radius 3 is 2.79 bits per heavy atom. The third-order valence-electron chi connectivity index (χ3n) is 2.68. The van der Waals surface area contributed by atoms with E-state index in [-0.39, 0.29) is 5.82 Å². The van der Waals surface area contributed by atoms with Crippen molar-refractivity contribution in [1.29, 1.82) is 0 Å². The van der Waals surface area contributed by atoms with E-state index in [4.69, 9.17) is 4.42 Å². The lowest BCUT2D eigenvalue weighted by Crippen LogP contribution is -1.79. The van der Waals surface area contributed by atoms with Gasteiger partial charge in [-0.15, -0.1) is 0 Å². The van der Waals surface area contributed by atoms with Gasteiger partial charge in [-0.05, 0) is 30.3 Å². The van der Waals surface area contributed by atoms with Crippen molar-refractivity contribution in [3.63, 3.8) is 0 Å². The first-order valence-electron chi connectivity index (χ1n) is 5.71. The first-order valence-corrected chi connectivity index (χ1v) is 6.50. The molecule has 0 amide bonds. The predicted octanol–water partition coefficient (Wildman–Crippen LogP) is 4.90. The van der Waals surface area contributed by atoms with Crippen LogP contribution in [0.25, 0.3) is 23.3 Å². The number of rotatable bonds is 2. The Hall–Kier alpha value is -1.94. The standard InChI is InChI=1S/C15H9BrFNO/c16-11-6-7-14-13(9-11)18-15(19-14)8-5-10-3-1-2-4-12(10)17/h1-9H. The summed E-state index contributed by atoms with van der Waals surface area (Å²) in [6, 6.07) is 12.2. The Bertz CT molecular complexity index is 764. The predicted molar refractivity (Wildman–Crippen MR) is 77.0 cm³/mol. The van der Waals surface area contributed by atoms with Crippen molar-refractivity contribution in [3.8, 4) is 0 Å². The third kappa shape index (κ3) is 2.58. The Morgan fingerprint density at radius 1 is 1.11 bits per heavy atom. The second-order valence-electron chi connectivity index (χ2n) is 4.02. The van der Waals surface area contributed by atoms with Gasteiger partial charge >= 0.3 is 0 Å². The molecule has 0 spiro atoms. The second kappa shape index (κ2) is 4.97. The largest absolute Gasteiger partial charge is 0.437 e. The van der Waals surface area contributed by atoms with Gasteiger partial charge in [0.25, 0.3) is 0 Å². The minimum absolute atomic E-state index is 0.266. The molecule has 4 heteroatoms. The van der Waals surface area contributed by atoms with E-state index in [0.717, 1.165) is 9.99 Å². The highest BCUT2D eigenvalue weighted by Gasteiger charge is 2.03. The molecule has 0 saturated heterocycles. The van der Waals surface area contributed by atoms with Crippen LogP contribution in [0.5, 0.6) is 0 Å². The van der Waals surface area contributed by atoms with Crippen molar-refractivity contribution in [2.75, 3.05) is 0 Å². The van der Waals surface area contributed by atoms with E-state index < -0.39 is 0 Å². The van der Waals surface area contributed by atoms with E-state index in [0.29, 0.717) is 17.0 Å². The number of aromatic nitrogens is 1. The zero-order valence-electron chi connectivity index (χ0n) is 9.81. The first kappa shape index (κ1) is 12.1. The lowest BCUT2D eigenvalue weighted by atomic mass is 10.2. The summed E-state index contributed by atoms with van der Waals surface area (Å²) >= 11 is 3.38. The molecule has 0 aliphatic rings. The highest BCUT2D eigenvalue weighted by Crippen LogP contribution is 2.21. The quantitative estimate of drug-likeness (QED) is 0.672. The molecule has 1 aromatic heterocycles. The molecule has 0 bridgehead atoms. The fraction of sp³-hybridized carbons (Fsp3) is 0. The minimum Gasteiger partial charge on any atom is -0.437 e. The highest BCUT2D eigenvalue weighted by molar-refractivity contribution is 9.10. The van der Waals surface area contributed by atoms with Gasteiger partial charge in [0.15, 0.2) is 5.58 Å². The minimum atomic E-state index is -0.266. The topological polar surface area (TPSA) is 26.0 Å². The highest BCUT2D eigenvalue weighted by atomic mass is 79.9. The van der Waals surface area contributed by atoms with Gasteiger partial charge in [0, 0.05) is 16.1 Å². The van der Waals surface area contributed by atoms with Gasteiger partial charge in [-0.2, -0.15) is 0 Å². The number of hydrogen-bond donors (Lipinski definition) is 0. The molecule has 2 nitrogen and oxygen atoms in total. The second-order valence-corrected chi connectivity index (χ2v) is 4.93. The van der Waals surface area contributed by atoms with Crippen LogP contribution in [-0.4, -0.2) is 4.98 Å². The number of nitrogens with zero attached hydrogens (tertiary/aromatic N) is 1. The molecule has 2 aromatic carbocycles. The number of halogens is 2. The number of hydrogen-bond acceptors (Lipinski definition) is 2. The van der Waals surface area contributed by atoms with Crippen molar-refractivity contribution in [2.45, 2.75) is 0 Å². The summed E-state index contributed by atoms with van der Waals surface area (Å²) in [7, 11) is 0. The first-order chi connectivity index (χ1) is 9.22. The van der Waals surface area contributed by atoms with Gasteiger partial charge < -0.3 is 4.42 Å². The van der Waals surface area contributed by atoms with Crippen molar-refractivity contribution >= 4 is 39.2 Å². The van der Waals surface area contributed by atoms with Crippen LogP contribution in [0.15, 0.2) is 51.4 Å². The molecule has 0 unspecified atom stereocenters. The molecule has 0 atom stereocenters. The molecule has 94 valence electrons. The Kier molecular flexibility index (Phi) is 3.17. The van der Waals surface area contributed by atoms with Crippen molar-refractivity contribution in [1.82, 2.24) is 4.98 Å². The summed E-state index contributed by atoms with van der Waals surface area (Å²) < 4.78 is 19.9. The molecule has 0 aliphatic carbocycles. The molecule has 3 aromatic rings. The van der Waals surface area contributed by atoms with E-state index in [9.17, 15) is 4.39 Å². The molecular weight excluding hydrogens is 309 g/mol. The van der Waals surface area contributed by atoms with Gasteiger partial charge in [-0.25, -0.2) is 9.37 Å². The van der Waals surface area contributed by atoms with Gasteiger partial charge in [0.2, 0.25) is 5.89 Å². The maximum absolute atomic E-state index is 13.4. The molecule has 0 N–H and O–H groups in total. The molecular formula is C15H9BrFNO. The van der Waals surface area contributed by atoms with Crippen LogP contribution in [-0.2, 0) is 0 Å².